The standard InChI is InChI=1S/C25H20N8O2/c1-3-16-9-7-12-18-19(16)25(35)33(30-17-10-5-4-6-11-17)22(29-18)15(2)28-24(34)20-21(26)31-32-14-8-13-27-23(20)32/h1,4-15,30H,2H3,(H2,26,31)(H,28,34)/t15-/m1/s1. The van der Waals surface area contributed by atoms with E-state index in [9.17, 15) is 9.59 Å². The van der Waals surface area contributed by atoms with Crippen LogP contribution in [0.15, 0.2) is 71.8 Å². The molecule has 1 amide bonds. The zero-order valence-corrected chi connectivity index (χ0v) is 18.6. The van der Waals surface area contributed by atoms with Gasteiger partial charge in [-0.25, -0.2) is 19.2 Å². The van der Waals surface area contributed by atoms with Crippen molar-refractivity contribution in [1.82, 2.24) is 29.6 Å². The Bertz CT molecular complexity index is 1680. The van der Waals surface area contributed by atoms with E-state index >= 15 is 0 Å². The lowest BCUT2D eigenvalue weighted by atomic mass is 10.1. The minimum Gasteiger partial charge on any atom is -0.381 e. The molecule has 0 aliphatic carbocycles. The third-order valence-corrected chi connectivity index (χ3v) is 5.48. The normalized spacial score (nSPS) is 11.8. The quantitative estimate of drug-likeness (QED) is 0.340. The summed E-state index contributed by atoms with van der Waals surface area (Å²) in [5.74, 6) is 2.36. The maximum absolute atomic E-state index is 13.6. The summed E-state index contributed by atoms with van der Waals surface area (Å²) in [6.07, 6.45) is 8.83. The van der Waals surface area contributed by atoms with Crippen LogP contribution in [0, 0.1) is 12.3 Å². The van der Waals surface area contributed by atoms with Gasteiger partial charge in [0.05, 0.1) is 22.6 Å². The van der Waals surface area contributed by atoms with Crippen LogP contribution >= 0.6 is 0 Å². The minimum absolute atomic E-state index is 0.0401. The third kappa shape index (κ3) is 3.81. The highest BCUT2D eigenvalue weighted by atomic mass is 16.2. The van der Waals surface area contributed by atoms with E-state index in [-0.39, 0.29) is 22.8 Å². The predicted octanol–water partition coefficient (Wildman–Crippen LogP) is 2.37. The Balaban J connectivity index is 1.61. The van der Waals surface area contributed by atoms with Gasteiger partial charge in [-0.15, -0.1) is 11.5 Å². The Hall–Kier alpha value is -5.17. The van der Waals surface area contributed by atoms with Crippen molar-refractivity contribution in [2.45, 2.75) is 13.0 Å². The number of carbonyl (C=O) groups is 1. The lowest BCUT2D eigenvalue weighted by Gasteiger charge is -2.20. The second-order valence-corrected chi connectivity index (χ2v) is 7.78. The van der Waals surface area contributed by atoms with Crippen LogP contribution in [0.1, 0.15) is 34.7 Å². The number of nitrogen functional groups attached to an aromatic ring is 1. The van der Waals surface area contributed by atoms with Gasteiger partial charge in [-0.1, -0.05) is 30.2 Å². The summed E-state index contributed by atoms with van der Waals surface area (Å²) < 4.78 is 2.72. The van der Waals surface area contributed by atoms with Crippen molar-refractivity contribution in [3.8, 4) is 12.3 Å². The van der Waals surface area contributed by atoms with Crippen LogP contribution in [0.3, 0.4) is 0 Å². The lowest BCUT2D eigenvalue weighted by molar-refractivity contribution is 0.0940. The fourth-order valence-corrected chi connectivity index (χ4v) is 3.86. The topological polar surface area (TPSA) is 132 Å². The summed E-state index contributed by atoms with van der Waals surface area (Å²) in [6.45, 7) is 1.72. The van der Waals surface area contributed by atoms with Crippen molar-refractivity contribution >= 4 is 34.0 Å². The van der Waals surface area contributed by atoms with Crippen molar-refractivity contribution in [2.24, 2.45) is 0 Å². The van der Waals surface area contributed by atoms with Gasteiger partial charge in [0.2, 0.25) is 0 Å². The highest BCUT2D eigenvalue weighted by molar-refractivity contribution is 6.04. The third-order valence-electron chi connectivity index (χ3n) is 5.48. The van der Waals surface area contributed by atoms with E-state index in [1.54, 1.807) is 43.6 Å². The fourth-order valence-electron chi connectivity index (χ4n) is 3.86. The highest BCUT2D eigenvalue weighted by Crippen LogP contribution is 2.20. The maximum Gasteiger partial charge on any atom is 0.281 e. The van der Waals surface area contributed by atoms with Crippen LogP contribution in [0.25, 0.3) is 16.6 Å². The second-order valence-electron chi connectivity index (χ2n) is 7.78. The molecule has 0 aliphatic heterocycles. The number of nitrogens with two attached hydrogens (primary N) is 1. The Morgan fingerprint density at radius 2 is 1.94 bits per heavy atom. The molecule has 10 nitrogen and oxygen atoms in total. The van der Waals surface area contributed by atoms with E-state index in [4.69, 9.17) is 12.2 Å². The first-order valence-corrected chi connectivity index (χ1v) is 10.7. The van der Waals surface area contributed by atoms with Crippen molar-refractivity contribution in [1.29, 1.82) is 0 Å². The van der Waals surface area contributed by atoms with Gasteiger partial charge in [-0.05, 0) is 37.3 Å². The number of fused-ring (bicyclic) bond motifs is 2. The van der Waals surface area contributed by atoms with Crippen LogP contribution < -0.4 is 22.0 Å². The molecule has 0 aliphatic rings. The number of nitrogens with one attached hydrogen (secondary N) is 2. The molecule has 3 heterocycles. The van der Waals surface area contributed by atoms with Crippen LogP contribution in [0.5, 0.6) is 0 Å². The number of terminal acetylenes is 1. The molecule has 0 radical (unpaired) electrons. The van der Waals surface area contributed by atoms with E-state index in [0.29, 0.717) is 27.8 Å². The van der Waals surface area contributed by atoms with Crippen molar-refractivity contribution in [3.63, 3.8) is 0 Å². The van der Waals surface area contributed by atoms with Crippen LogP contribution in [0.4, 0.5) is 11.5 Å². The van der Waals surface area contributed by atoms with E-state index in [0.717, 1.165) is 0 Å². The summed E-state index contributed by atoms with van der Waals surface area (Å²) in [4.78, 5) is 35.7. The average Bonchev–Trinajstić information content (AvgIpc) is 3.21. The van der Waals surface area contributed by atoms with Gasteiger partial charge in [-0.3, -0.25) is 15.0 Å². The first kappa shape index (κ1) is 21.7. The van der Waals surface area contributed by atoms with Crippen molar-refractivity contribution < 1.29 is 4.79 Å². The summed E-state index contributed by atoms with van der Waals surface area (Å²) in [7, 11) is 0. The molecule has 5 aromatic rings. The number of benzene rings is 2. The SMILES string of the molecule is C#Cc1cccc2nc([C@@H](C)NC(=O)c3c(N)nn4cccnc34)n(Nc3ccccc3)c(=O)c12. The molecule has 2 aromatic carbocycles. The number of amides is 1. The molecule has 10 heteroatoms. The number of carbonyl (C=O) groups excluding carboxylic acids is 1. The Kier molecular flexibility index (Phi) is 5.35. The Morgan fingerprint density at radius 1 is 1.14 bits per heavy atom. The molecule has 35 heavy (non-hydrogen) atoms. The Labute approximate surface area is 199 Å². The Morgan fingerprint density at radius 3 is 2.71 bits per heavy atom. The molecular formula is C25H20N8O2. The minimum atomic E-state index is -0.705. The van der Waals surface area contributed by atoms with Gasteiger partial charge >= 0.3 is 0 Å². The number of anilines is 2. The molecule has 0 saturated carbocycles. The molecule has 0 bridgehead atoms. The molecule has 4 N–H and O–H groups in total. The maximum atomic E-state index is 13.6. The number of para-hydroxylation sites is 1. The molecule has 0 fully saturated rings. The first-order chi connectivity index (χ1) is 17.0. The van der Waals surface area contributed by atoms with Gasteiger partial charge in [0.1, 0.15) is 5.56 Å². The number of hydrogen-bond donors (Lipinski definition) is 3. The summed E-state index contributed by atoms with van der Waals surface area (Å²) >= 11 is 0. The van der Waals surface area contributed by atoms with Crippen molar-refractivity contribution in [3.05, 3.63) is 94.3 Å². The summed E-state index contributed by atoms with van der Waals surface area (Å²) in [5, 5.41) is 7.30. The fraction of sp³-hybridized carbons (Fsp3) is 0.0800. The van der Waals surface area contributed by atoms with Crippen LogP contribution in [0.2, 0.25) is 0 Å². The highest BCUT2D eigenvalue weighted by Gasteiger charge is 2.24. The van der Waals surface area contributed by atoms with Gasteiger partial charge in [0, 0.05) is 18.0 Å². The van der Waals surface area contributed by atoms with Crippen molar-refractivity contribution in [2.75, 3.05) is 11.2 Å². The predicted molar refractivity (Wildman–Crippen MR) is 133 cm³/mol. The summed E-state index contributed by atoms with van der Waals surface area (Å²) in [5.41, 5.74) is 10.7. The molecule has 0 saturated heterocycles. The molecule has 3 aromatic heterocycles. The second kappa shape index (κ2) is 8.64. The molecule has 5 rings (SSSR count). The lowest BCUT2D eigenvalue weighted by Crippen LogP contribution is -2.37. The zero-order chi connectivity index (χ0) is 24.5. The molecule has 0 unspecified atom stereocenters. The number of nitrogens with zero attached hydrogens (tertiary/aromatic N) is 5. The molecule has 1 atom stereocenters. The first-order valence-electron chi connectivity index (χ1n) is 10.7. The smallest absolute Gasteiger partial charge is 0.281 e. The largest absolute Gasteiger partial charge is 0.381 e. The van der Waals surface area contributed by atoms with Gasteiger partial charge < -0.3 is 11.1 Å². The van der Waals surface area contributed by atoms with E-state index < -0.39 is 11.9 Å². The van der Waals surface area contributed by atoms with Crippen LogP contribution in [-0.4, -0.2) is 30.2 Å². The number of rotatable bonds is 5. The van der Waals surface area contributed by atoms with Gasteiger partial charge in [0.15, 0.2) is 17.3 Å². The molecule has 172 valence electrons. The number of aromatic nitrogens is 5. The zero-order valence-electron chi connectivity index (χ0n) is 18.6. The molecular weight excluding hydrogens is 444 g/mol. The molecule has 0 spiro atoms. The summed E-state index contributed by atoms with van der Waals surface area (Å²) in [6, 6.07) is 15.2. The number of hydrogen-bond acceptors (Lipinski definition) is 7. The van der Waals surface area contributed by atoms with Crippen LogP contribution in [-0.2, 0) is 0 Å². The van der Waals surface area contributed by atoms with Gasteiger partial charge in [-0.2, -0.15) is 0 Å². The van der Waals surface area contributed by atoms with E-state index in [2.05, 4.69) is 31.7 Å². The van der Waals surface area contributed by atoms with E-state index in [1.807, 2.05) is 30.3 Å². The monoisotopic (exact) mass is 464 g/mol. The average molecular weight is 464 g/mol. The van der Waals surface area contributed by atoms with Gasteiger partial charge in [0.25, 0.3) is 11.5 Å². The van der Waals surface area contributed by atoms with E-state index in [1.165, 1.54) is 9.19 Å².